The van der Waals surface area contributed by atoms with Crippen LogP contribution in [0.1, 0.15) is 19.4 Å². The molecule has 0 aliphatic carbocycles. The molecule has 3 amide bonds. The Morgan fingerprint density at radius 2 is 1.91 bits per heavy atom. The first-order chi connectivity index (χ1) is 16.5. The summed E-state index contributed by atoms with van der Waals surface area (Å²) in [4.78, 5) is 42.7. The van der Waals surface area contributed by atoms with E-state index < -0.39 is 46.6 Å². The Balaban J connectivity index is 1.79. The smallest absolute Gasteiger partial charge is 0.434 e. The number of hydrogen-bond donors (Lipinski definition) is 4. The number of aliphatic imine (C=N–C) groups is 1. The Labute approximate surface area is 199 Å². The molecule has 11 heteroatoms. The summed E-state index contributed by atoms with van der Waals surface area (Å²) in [6.07, 6.45) is 1.80. The third-order valence-electron chi connectivity index (χ3n) is 5.51. The number of aliphatic hydroxyl groups excluding tert-OH is 1. The molecule has 0 spiro atoms. The molecular weight excluding hydrogens is 459 g/mol. The molecule has 0 saturated carbocycles. The Morgan fingerprint density at radius 3 is 2.54 bits per heavy atom. The SMILES string of the molecule is CNC(=O)C1=C(O)C2=NC=C(Cc3ccc(F)cc3)C3OC(C(=O)NCC(C)(C)O)=C[N+](=C23)C1=O. The van der Waals surface area contributed by atoms with Crippen molar-refractivity contribution in [1.82, 2.24) is 10.6 Å². The average Bonchev–Trinajstić information content (AvgIpc) is 2.82. The Bertz CT molecular complexity index is 1280. The standard InChI is InChI=1S/C24H23FN4O6/c1-24(2,34)11-28-21(31)15-10-29-18-17(19(30)16(23(29)33)22(32)26-3)27-9-13(20(18)35-15)8-12-4-6-14(25)7-5-12/h4-7,9-10,20,34H,8,11H2,1-3H3,(H2-,26,28,30,31,32,33)/p+1. The number of aliphatic hydroxyl groups is 2. The number of amides is 3. The maximum absolute atomic E-state index is 13.4. The number of halogens is 1. The molecule has 0 bridgehead atoms. The van der Waals surface area contributed by atoms with E-state index in [-0.39, 0.29) is 30.1 Å². The number of nitrogens with one attached hydrogen (secondary N) is 2. The number of carbonyl (C=O) groups is 3. The first kappa shape index (κ1) is 24.0. The Hall–Kier alpha value is -4.12. The van der Waals surface area contributed by atoms with Crippen LogP contribution in [0.15, 0.2) is 64.3 Å². The molecule has 1 atom stereocenters. The number of rotatable bonds is 6. The fourth-order valence-corrected chi connectivity index (χ4v) is 3.79. The number of likely N-dealkylation sites (N-methyl/N-ethyl adjacent to an activating group) is 1. The summed E-state index contributed by atoms with van der Waals surface area (Å²) in [6, 6.07) is 5.78. The van der Waals surface area contributed by atoms with E-state index >= 15 is 0 Å². The van der Waals surface area contributed by atoms with Crippen LogP contribution in [0.3, 0.4) is 0 Å². The van der Waals surface area contributed by atoms with E-state index in [9.17, 15) is 29.0 Å². The van der Waals surface area contributed by atoms with Gasteiger partial charge in [-0.1, -0.05) is 12.1 Å². The van der Waals surface area contributed by atoms with E-state index in [0.29, 0.717) is 5.57 Å². The van der Waals surface area contributed by atoms with Gasteiger partial charge in [0.25, 0.3) is 23.3 Å². The van der Waals surface area contributed by atoms with Gasteiger partial charge in [-0.3, -0.25) is 9.59 Å². The summed E-state index contributed by atoms with van der Waals surface area (Å²) < 4.78 is 20.4. The lowest BCUT2D eigenvalue weighted by atomic mass is 9.89. The first-order valence-corrected chi connectivity index (χ1v) is 10.8. The fraction of sp³-hybridized carbons (Fsp3) is 0.292. The van der Waals surface area contributed by atoms with Gasteiger partial charge in [-0.15, -0.1) is 4.58 Å². The van der Waals surface area contributed by atoms with Gasteiger partial charge in [-0.25, -0.2) is 14.2 Å². The summed E-state index contributed by atoms with van der Waals surface area (Å²) in [5.74, 6) is -3.61. The predicted octanol–water partition coefficient (Wildman–Crippen LogP) is 0.386. The summed E-state index contributed by atoms with van der Waals surface area (Å²) in [7, 11) is 1.31. The monoisotopic (exact) mass is 483 g/mol. The molecule has 3 aliphatic rings. The van der Waals surface area contributed by atoms with Crippen LogP contribution in [0.5, 0.6) is 0 Å². The van der Waals surface area contributed by atoms with Crippen molar-refractivity contribution in [3.8, 4) is 0 Å². The van der Waals surface area contributed by atoms with E-state index in [1.807, 2.05) is 0 Å². The highest BCUT2D eigenvalue weighted by molar-refractivity contribution is 6.52. The molecule has 0 fully saturated rings. The van der Waals surface area contributed by atoms with Crippen LogP contribution in [0.4, 0.5) is 4.39 Å². The van der Waals surface area contributed by atoms with Crippen LogP contribution in [-0.2, 0) is 25.5 Å². The van der Waals surface area contributed by atoms with Gasteiger partial charge < -0.3 is 25.6 Å². The summed E-state index contributed by atoms with van der Waals surface area (Å²) in [5, 5.41) is 25.5. The second-order valence-corrected chi connectivity index (χ2v) is 8.83. The van der Waals surface area contributed by atoms with E-state index in [1.165, 1.54) is 39.2 Å². The van der Waals surface area contributed by atoms with Crippen molar-refractivity contribution in [3.63, 3.8) is 0 Å². The van der Waals surface area contributed by atoms with Gasteiger partial charge in [0.15, 0.2) is 17.0 Å². The van der Waals surface area contributed by atoms with Crippen molar-refractivity contribution < 1.29 is 38.3 Å². The highest BCUT2D eigenvalue weighted by Crippen LogP contribution is 2.30. The summed E-state index contributed by atoms with van der Waals surface area (Å²) in [5.41, 5.74) is -0.351. The summed E-state index contributed by atoms with van der Waals surface area (Å²) >= 11 is 0. The Morgan fingerprint density at radius 1 is 1.23 bits per heavy atom. The van der Waals surface area contributed by atoms with Gasteiger partial charge in [-0.05, 0) is 38.0 Å². The molecule has 0 radical (unpaired) electrons. The lowest BCUT2D eigenvalue weighted by Gasteiger charge is -2.30. The number of ether oxygens (including phenoxy) is 1. The van der Waals surface area contributed by atoms with Crippen LogP contribution in [0, 0.1) is 5.82 Å². The molecular formula is C24H24FN4O6+. The molecule has 3 heterocycles. The maximum atomic E-state index is 13.4. The Kier molecular flexibility index (Phi) is 6.12. The molecule has 4 N–H and O–H groups in total. The van der Waals surface area contributed by atoms with Crippen LogP contribution in [-0.4, -0.2) is 69.2 Å². The summed E-state index contributed by atoms with van der Waals surface area (Å²) in [6.45, 7) is 2.94. The van der Waals surface area contributed by atoms with Gasteiger partial charge in [0.1, 0.15) is 5.82 Å². The molecule has 1 aromatic rings. The molecule has 4 rings (SSSR count). The lowest BCUT2D eigenvalue weighted by molar-refractivity contribution is -0.385. The zero-order chi connectivity index (χ0) is 25.5. The zero-order valence-electron chi connectivity index (χ0n) is 19.3. The highest BCUT2D eigenvalue weighted by atomic mass is 19.1. The van der Waals surface area contributed by atoms with Crippen molar-refractivity contribution >= 4 is 29.1 Å². The fourth-order valence-electron chi connectivity index (χ4n) is 3.79. The molecule has 1 unspecified atom stereocenters. The number of allylic oxidation sites excluding steroid dienone is 1. The number of carbonyl (C=O) groups excluding carboxylic acids is 3. The molecule has 35 heavy (non-hydrogen) atoms. The van der Waals surface area contributed by atoms with Crippen molar-refractivity contribution in [2.75, 3.05) is 13.6 Å². The highest BCUT2D eigenvalue weighted by Gasteiger charge is 2.52. The number of hydrogen-bond acceptors (Lipinski definition) is 7. The van der Waals surface area contributed by atoms with Crippen molar-refractivity contribution in [1.29, 1.82) is 0 Å². The molecule has 0 aromatic heterocycles. The van der Waals surface area contributed by atoms with Gasteiger partial charge in [0.05, 0.1) is 5.60 Å². The van der Waals surface area contributed by atoms with E-state index in [2.05, 4.69) is 15.6 Å². The second kappa shape index (κ2) is 8.91. The minimum atomic E-state index is -1.19. The molecule has 1 aromatic carbocycles. The normalized spacial score (nSPS) is 19.3. The molecule has 10 nitrogen and oxygen atoms in total. The van der Waals surface area contributed by atoms with Crippen molar-refractivity contribution in [2.24, 2.45) is 4.99 Å². The topological polar surface area (TPSA) is 140 Å². The average molecular weight is 483 g/mol. The molecule has 0 saturated heterocycles. The van der Waals surface area contributed by atoms with E-state index in [0.717, 1.165) is 16.3 Å². The molecule has 182 valence electrons. The van der Waals surface area contributed by atoms with Gasteiger partial charge >= 0.3 is 5.91 Å². The van der Waals surface area contributed by atoms with Crippen LogP contribution in [0.2, 0.25) is 0 Å². The minimum absolute atomic E-state index is 0.0387. The third-order valence-corrected chi connectivity index (χ3v) is 5.51. The first-order valence-electron chi connectivity index (χ1n) is 10.8. The zero-order valence-corrected chi connectivity index (χ0v) is 19.3. The lowest BCUT2D eigenvalue weighted by Crippen LogP contribution is -2.52. The van der Waals surface area contributed by atoms with Gasteiger partial charge in [0, 0.05) is 25.4 Å². The van der Waals surface area contributed by atoms with Crippen LogP contribution < -0.4 is 10.6 Å². The predicted molar refractivity (Wildman–Crippen MR) is 122 cm³/mol. The second-order valence-electron chi connectivity index (χ2n) is 8.83. The van der Waals surface area contributed by atoms with Crippen LogP contribution >= 0.6 is 0 Å². The van der Waals surface area contributed by atoms with Crippen molar-refractivity contribution in [3.05, 3.63) is 70.7 Å². The van der Waals surface area contributed by atoms with Gasteiger partial charge in [-0.2, -0.15) is 0 Å². The third kappa shape index (κ3) is 4.62. The largest absolute Gasteiger partial charge is 0.504 e. The molecule has 3 aliphatic heterocycles. The number of benzene rings is 1. The van der Waals surface area contributed by atoms with E-state index in [1.54, 1.807) is 12.1 Å². The van der Waals surface area contributed by atoms with Crippen molar-refractivity contribution in [2.45, 2.75) is 32.0 Å². The minimum Gasteiger partial charge on any atom is -0.504 e. The quantitative estimate of drug-likeness (QED) is 0.341. The maximum Gasteiger partial charge on any atom is 0.434 e. The van der Waals surface area contributed by atoms with Gasteiger partial charge in [0.2, 0.25) is 12.3 Å². The van der Waals surface area contributed by atoms with E-state index in [4.69, 9.17) is 4.74 Å². The number of nitrogens with zero attached hydrogens (tertiary/aromatic N) is 2. The van der Waals surface area contributed by atoms with Crippen LogP contribution in [0.25, 0.3) is 0 Å².